The Morgan fingerprint density at radius 2 is 1.88 bits per heavy atom. The van der Waals surface area contributed by atoms with Crippen LogP contribution < -0.4 is 4.72 Å². The van der Waals surface area contributed by atoms with Crippen molar-refractivity contribution in [2.45, 2.75) is 57.7 Å². The summed E-state index contributed by atoms with van der Waals surface area (Å²) in [6.07, 6.45) is 3.44. The van der Waals surface area contributed by atoms with Crippen LogP contribution in [-0.2, 0) is 10.0 Å². The molecule has 16 heavy (non-hydrogen) atoms. The van der Waals surface area contributed by atoms with E-state index in [4.69, 9.17) is 0 Å². The van der Waals surface area contributed by atoms with Crippen molar-refractivity contribution in [2.75, 3.05) is 0 Å². The summed E-state index contributed by atoms with van der Waals surface area (Å²) in [5, 5.41) is 0. The van der Waals surface area contributed by atoms with E-state index in [1.54, 1.807) is 20.8 Å². The first-order valence-electron chi connectivity index (χ1n) is 6.30. The zero-order chi connectivity index (χ0) is 12.1. The number of fused-ring (bicyclic) bond motifs is 1. The molecule has 2 fully saturated rings. The lowest BCUT2D eigenvalue weighted by Gasteiger charge is -2.24. The van der Waals surface area contributed by atoms with Crippen LogP contribution in [0.1, 0.15) is 47.0 Å². The zero-order valence-electron chi connectivity index (χ0n) is 10.7. The molecule has 2 aliphatic carbocycles. The Labute approximate surface area is 99.1 Å². The molecule has 94 valence electrons. The quantitative estimate of drug-likeness (QED) is 0.828. The van der Waals surface area contributed by atoms with Crippen molar-refractivity contribution in [3.63, 3.8) is 0 Å². The Morgan fingerprint density at radius 3 is 2.31 bits per heavy atom. The minimum absolute atomic E-state index is 0.208. The van der Waals surface area contributed by atoms with Gasteiger partial charge in [0, 0.05) is 6.04 Å². The molecule has 0 aromatic heterocycles. The lowest BCUT2D eigenvalue weighted by Crippen LogP contribution is -2.45. The van der Waals surface area contributed by atoms with Gasteiger partial charge in [-0.15, -0.1) is 0 Å². The van der Waals surface area contributed by atoms with Crippen LogP contribution >= 0.6 is 0 Å². The fourth-order valence-corrected chi connectivity index (χ4v) is 4.16. The summed E-state index contributed by atoms with van der Waals surface area (Å²) in [6, 6.07) is 0.208. The summed E-state index contributed by atoms with van der Waals surface area (Å²) < 4.78 is 26.3. The summed E-state index contributed by atoms with van der Waals surface area (Å²) in [7, 11) is -3.17. The van der Waals surface area contributed by atoms with Gasteiger partial charge >= 0.3 is 0 Å². The first kappa shape index (κ1) is 12.4. The van der Waals surface area contributed by atoms with E-state index in [-0.39, 0.29) is 6.04 Å². The average molecular weight is 245 g/mol. The van der Waals surface area contributed by atoms with Gasteiger partial charge in [0.05, 0.1) is 4.75 Å². The Kier molecular flexibility index (Phi) is 2.86. The third-order valence-electron chi connectivity index (χ3n) is 4.26. The Balaban J connectivity index is 2.02. The molecule has 1 N–H and O–H groups in total. The highest BCUT2D eigenvalue weighted by atomic mass is 32.2. The third-order valence-corrected chi connectivity index (χ3v) is 6.48. The van der Waals surface area contributed by atoms with Crippen molar-refractivity contribution in [2.24, 2.45) is 17.8 Å². The van der Waals surface area contributed by atoms with E-state index in [0.29, 0.717) is 5.92 Å². The number of hydrogen-bond donors (Lipinski definition) is 1. The minimum atomic E-state index is -3.17. The van der Waals surface area contributed by atoms with Crippen LogP contribution in [0.5, 0.6) is 0 Å². The maximum atomic E-state index is 12.1. The smallest absolute Gasteiger partial charge is 0.212 e. The molecule has 0 radical (unpaired) electrons. The highest BCUT2D eigenvalue weighted by Gasteiger charge is 2.57. The highest BCUT2D eigenvalue weighted by Crippen LogP contribution is 2.59. The van der Waals surface area contributed by atoms with Gasteiger partial charge in [-0.25, -0.2) is 13.1 Å². The fourth-order valence-electron chi connectivity index (χ4n) is 3.13. The fraction of sp³-hybridized carbons (Fsp3) is 1.00. The van der Waals surface area contributed by atoms with Gasteiger partial charge in [0.1, 0.15) is 0 Å². The van der Waals surface area contributed by atoms with E-state index < -0.39 is 14.8 Å². The zero-order valence-corrected chi connectivity index (χ0v) is 11.5. The van der Waals surface area contributed by atoms with Gasteiger partial charge in [0.2, 0.25) is 10.0 Å². The molecular weight excluding hydrogens is 222 g/mol. The van der Waals surface area contributed by atoms with E-state index in [1.807, 2.05) is 0 Å². The second kappa shape index (κ2) is 3.70. The average Bonchev–Trinajstić information content (AvgIpc) is 2.71. The van der Waals surface area contributed by atoms with E-state index >= 15 is 0 Å². The molecule has 4 heteroatoms. The Bertz CT molecular complexity index is 365. The van der Waals surface area contributed by atoms with Gasteiger partial charge in [-0.1, -0.05) is 13.3 Å². The van der Waals surface area contributed by atoms with Crippen LogP contribution in [0.4, 0.5) is 0 Å². The van der Waals surface area contributed by atoms with Gasteiger partial charge in [-0.05, 0) is 51.4 Å². The molecule has 3 nitrogen and oxygen atoms in total. The van der Waals surface area contributed by atoms with Crippen LogP contribution in [-0.4, -0.2) is 19.2 Å². The van der Waals surface area contributed by atoms with Gasteiger partial charge in [-0.3, -0.25) is 0 Å². The lowest BCUT2D eigenvalue weighted by molar-refractivity contribution is 0.466. The molecule has 2 saturated carbocycles. The summed E-state index contributed by atoms with van der Waals surface area (Å²) in [5.41, 5.74) is 0. The van der Waals surface area contributed by atoms with Crippen molar-refractivity contribution in [3.05, 3.63) is 0 Å². The molecule has 0 aromatic rings. The normalized spacial score (nSPS) is 38.5. The number of nitrogens with one attached hydrogen (secondary N) is 1. The topological polar surface area (TPSA) is 46.2 Å². The number of rotatable bonds is 3. The minimum Gasteiger partial charge on any atom is -0.212 e. The predicted octanol–water partition coefficient (Wildman–Crippen LogP) is 2.14. The molecule has 2 rings (SSSR count). The van der Waals surface area contributed by atoms with E-state index in [1.165, 1.54) is 12.8 Å². The molecule has 4 atom stereocenters. The SMILES string of the molecule is CC[C@@H]1[C@@H]2CC[C@@H](NS(=O)(=O)C(C)(C)C)[C@H]12. The monoisotopic (exact) mass is 245 g/mol. The molecule has 2 aliphatic rings. The number of sulfonamides is 1. The van der Waals surface area contributed by atoms with Gasteiger partial charge in [0.25, 0.3) is 0 Å². The van der Waals surface area contributed by atoms with Crippen LogP contribution in [0, 0.1) is 17.8 Å². The van der Waals surface area contributed by atoms with Crippen molar-refractivity contribution in [1.29, 1.82) is 0 Å². The third kappa shape index (κ3) is 1.90. The maximum Gasteiger partial charge on any atom is 0.216 e. The van der Waals surface area contributed by atoms with Crippen molar-refractivity contribution in [3.8, 4) is 0 Å². The second-order valence-corrected chi connectivity index (χ2v) is 8.70. The predicted molar refractivity (Wildman–Crippen MR) is 65.6 cm³/mol. The van der Waals surface area contributed by atoms with E-state index in [0.717, 1.165) is 18.3 Å². The summed E-state index contributed by atoms with van der Waals surface area (Å²) in [4.78, 5) is 0. The Morgan fingerprint density at radius 1 is 1.25 bits per heavy atom. The maximum absolute atomic E-state index is 12.1. The standard InChI is InChI=1S/C12H23NO2S/c1-5-8-9-6-7-10(11(8)9)13-16(14,15)12(2,3)4/h8-11,13H,5-7H2,1-4H3/t8-,9+,10-,11-/m1/s1. The number of hydrogen-bond acceptors (Lipinski definition) is 2. The second-order valence-electron chi connectivity index (χ2n) is 6.23. The molecule has 0 spiro atoms. The van der Waals surface area contributed by atoms with Gasteiger partial charge < -0.3 is 0 Å². The lowest BCUT2D eigenvalue weighted by atomic mass is 10.1. The van der Waals surface area contributed by atoms with Gasteiger partial charge in [-0.2, -0.15) is 0 Å². The molecule has 0 heterocycles. The van der Waals surface area contributed by atoms with Crippen LogP contribution in [0.25, 0.3) is 0 Å². The molecule has 0 amide bonds. The molecular formula is C12H23NO2S. The molecule has 0 saturated heterocycles. The molecule has 0 unspecified atom stereocenters. The summed E-state index contributed by atoms with van der Waals surface area (Å²) >= 11 is 0. The van der Waals surface area contributed by atoms with Crippen LogP contribution in [0.2, 0.25) is 0 Å². The first-order valence-corrected chi connectivity index (χ1v) is 7.78. The summed E-state index contributed by atoms with van der Waals surface area (Å²) in [6.45, 7) is 7.47. The summed E-state index contributed by atoms with van der Waals surface area (Å²) in [5.74, 6) is 2.21. The van der Waals surface area contributed by atoms with E-state index in [9.17, 15) is 8.42 Å². The Hall–Kier alpha value is -0.0900. The van der Waals surface area contributed by atoms with E-state index in [2.05, 4.69) is 11.6 Å². The largest absolute Gasteiger partial charge is 0.216 e. The molecule has 0 aromatic carbocycles. The highest BCUT2D eigenvalue weighted by molar-refractivity contribution is 7.90. The van der Waals surface area contributed by atoms with Crippen molar-refractivity contribution >= 4 is 10.0 Å². The van der Waals surface area contributed by atoms with Gasteiger partial charge in [0.15, 0.2) is 0 Å². The van der Waals surface area contributed by atoms with Crippen LogP contribution in [0.15, 0.2) is 0 Å². The van der Waals surface area contributed by atoms with Crippen LogP contribution in [0.3, 0.4) is 0 Å². The first-order chi connectivity index (χ1) is 7.28. The molecule has 0 bridgehead atoms. The van der Waals surface area contributed by atoms with Crippen molar-refractivity contribution in [1.82, 2.24) is 4.72 Å². The molecule has 0 aliphatic heterocycles. The van der Waals surface area contributed by atoms with Crippen molar-refractivity contribution < 1.29 is 8.42 Å².